The number of hydrogen-bond donors (Lipinski definition) is 1. The van der Waals surface area contributed by atoms with Crippen LogP contribution < -0.4 is 10.1 Å². The lowest BCUT2D eigenvalue weighted by molar-refractivity contribution is -0.154. The number of hydrogen-bond acceptors (Lipinski definition) is 6. The van der Waals surface area contributed by atoms with Crippen molar-refractivity contribution in [2.75, 3.05) is 14.2 Å². The molecule has 1 N–H and O–H groups in total. The van der Waals surface area contributed by atoms with E-state index < -0.39 is 35.7 Å². The maximum Gasteiger partial charge on any atom is 0.408 e. The van der Waals surface area contributed by atoms with E-state index >= 15 is 0 Å². The molecule has 0 aliphatic rings. The summed E-state index contributed by atoms with van der Waals surface area (Å²) >= 11 is 0. The molecule has 0 saturated carbocycles. The van der Waals surface area contributed by atoms with Crippen LogP contribution in [0.4, 0.5) is 4.79 Å². The van der Waals surface area contributed by atoms with Crippen molar-refractivity contribution < 1.29 is 28.6 Å². The van der Waals surface area contributed by atoms with E-state index in [4.69, 9.17) is 14.2 Å². The number of methoxy groups -OCH3 is 2. The van der Waals surface area contributed by atoms with Gasteiger partial charge in [0, 0.05) is 6.54 Å². The van der Waals surface area contributed by atoms with Crippen LogP contribution in [-0.2, 0) is 25.6 Å². The first-order valence-electron chi connectivity index (χ1n) is 9.53. The van der Waals surface area contributed by atoms with E-state index in [-0.39, 0.29) is 6.54 Å². The number of alkyl carbamates (subject to hydrolysis) is 1. The van der Waals surface area contributed by atoms with Gasteiger partial charge >= 0.3 is 12.1 Å². The Morgan fingerprint density at radius 2 is 1.69 bits per heavy atom. The number of benzene rings is 1. The van der Waals surface area contributed by atoms with Crippen LogP contribution in [0.5, 0.6) is 5.75 Å². The smallest absolute Gasteiger partial charge is 0.408 e. The fraction of sp³-hybridized carbons (Fsp3) is 0.571. The zero-order chi connectivity index (χ0) is 22.2. The molecule has 1 rings (SSSR count). The van der Waals surface area contributed by atoms with E-state index in [9.17, 15) is 14.4 Å². The number of ether oxygens (including phenoxy) is 3. The Bertz CT molecular complexity index is 696. The number of rotatable bonds is 8. The Kier molecular flexibility index (Phi) is 8.94. The number of carbonyl (C=O) groups excluding carboxylic acids is 3. The van der Waals surface area contributed by atoms with Crippen molar-refractivity contribution in [2.24, 2.45) is 0 Å². The Balaban J connectivity index is 3.05. The minimum Gasteiger partial charge on any atom is -0.497 e. The van der Waals surface area contributed by atoms with Gasteiger partial charge in [-0.1, -0.05) is 19.1 Å². The van der Waals surface area contributed by atoms with Gasteiger partial charge in [0.2, 0.25) is 5.91 Å². The Labute approximate surface area is 172 Å². The van der Waals surface area contributed by atoms with E-state index in [0.29, 0.717) is 12.2 Å². The van der Waals surface area contributed by atoms with Crippen LogP contribution in [0.3, 0.4) is 0 Å². The van der Waals surface area contributed by atoms with E-state index in [0.717, 1.165) is 5.56 Å². The molecule has 162 valence electrons. The number of nitrogens with zero attached hydrogens (tertiary/aromatic N) is 1. The maximum atomic E-state index is 13.1. The molecule has 0 unspecified atom stereocenters. The summed E-state index contributed by atoms with van der Waals surface area (Å²) in [4.78, 5) is 38.8. The zero-order valence-electron chi connectivity index (χ0n) is 18.3. The van der Waals surface area contributed by atoms with Crippen LogP contribution in [0.1, 0.15) is 46.6 Å². The van der Waals surface area contributed by atoms with Gasteiger partial charge in [0.25, 0.3) is 0 Å². The first-order valence-corrected chi connectivity index (χ1v) is 9.53. The molecule has 1 aromatic rings. The van der Waals surface area contributed by atoms with Gasteiger partial charge in [-0.25, -0.2) is 9.59 Å². The number of carbonyl (C=O) groups is 3. The van der Waals surface area contributed by atoms with E-state index in [1.165, 1.54) is 12.0 Å². The highest BCUT2D eigenvalue weighted by Gasteiger charge is 2.33. The first-order chi connectivity index (χ1) is 13.5. The van der Waals surface area contributed by atoms with Crippen LogP contribution in [0.25, 0.3) is 0 Å². The van der Waals surface area contributed by atoms with E-state index in [1.807, 2.05) is 12.1 Å². The van der Waals surface area contributed by atoms with Crippen molar-refractivity contribution in [3.8, 4) is 5.75 Å². The fourth-order valence-corrected chi connectivity index (χ4v) is 2.71. The lowest BCUT2D eigenvalue weighted by atomic mass is 10.1. The molecule has 8 heteroatoms. The zero-order valence-corrected chi connectivity index (χ0v) is 18.3. The third-order valence-electron chi connectivity index (χ3n) is 4.13. The average Bonchev–Trinajstić information content (AvgIpc) is 2.65. The summed E-state index contributed by atoms with van der Waals surface area (Å²) in [5, 5.41) is 2.53. The van der Waals surface area contributed by atoms with Crippen molar-refractivity contribution in [1.29, 1.82) is 0 Å². The van der Waals surface area contributed by atoms with Crippen LogP contribution in [0.2, 0.25) is 0 Å². The highest BCUT2D eigenvalue weighted by molar-refractivity contribution is 5.89. The molecule has 2 atom stereocenters. The van der Waals surface area contributed by atoms with Gasteiger partial charge in [0.1, 0.15) is 23.4 Å². The van der Waals surface area contributed by atoms with E-state index in [2.05, 4.69) is 5.32 Å². The topological polar surface area (TPSA) is 94.2 Å². The standard InChI is InChI=1S/C21H32N2O6/c1-8-17(19(25)28-7)23(13-15-9-11-16(27-6)12-10-15)18(24)14(2)22-20(26)29-21(3,4)5/h9-12,14,17H,8,13H2,1-7H3,(H,22,26)/t14-,17+/m0/s1. The Hall–Kier alpha value is -2.77. The van der Waals surface area contributed by atoms with Crippen LogP contribution >= 0.6 is 0 Å². The van der Waals surface area contributed by atoms with Crippen molar-refractivity contribution in [1.82, 2.24) is 10.2 Å². The molecule has 0 spiro atoms. The molecule has 1 aromatic carbocycles. The lowest BCUT2D eigenvalue weighted by Crippen LogP contribution is -2.53. The second-order valence-electron chi connectivity index (χ2n) is 7.63. The van der Waals surface area contributed by atoms with Gasteiger partial charge in [-0.15, -0.1) is 0 Å². The summed E-state index contributed by atoms with van der Waals surface area (Å²) in [6.07, 6.45) is -0.331. The second kappa shape index (κ2) is 10.7. The van der Waals surface area contributed by atoms with Crippen LogP contribution in [0.15, 0.2) is 24.3 Å². The van der Waals surface area contributed by atoms with Crippen LogP contribution in [-0.4, -0.2) is 54.8 Å². The number of amides is 2. The third-order valence-corrected chi connectivity index (χ3v) is 4.13. The maximum absolute atomic E-state index is 13.1. The van der Waals surface area contributed by atoms with Crippen LogP contribution in [0, 0.1) is 0 Å². The molecule has 0 fully saturated rings. The largest absolute Gasteiger partial charge is 0.497 e. The molecule has 0 saturated heterocycles. The first kappa shape index (κ1) is 24.3. The van der Waals surface area contributed by atoms with E-state index in [1.54, 1.807) is 53.9 Å². The molecule has 0 aromatic heterocycles. The summed E-state index contributed by atoms with van der Waals surface area (Å²) in [6.45, 7) is 8.73. The average molecular weight is 408 g/mol. The van der Waals surface area contributed by atoms with Crippen molar-refractivity contribution in [3.05, 3.63) is 29.8 Å². The monoisotopic (exact) mass is 408 g/mol. The summed E-state index contributed by atoms with van der Waals surface area (Å²) in [6, 6.07) is 5.52. The lowest BCUT2D eigenvalue weighted by Gasteiger charge is -2.32. The molecule has 29 heavy (non-hydrogen) atoms. The predicted molar refractivity (Wildman–Crippen MR) is 108 cm³/mol. The summed E-state index contributed by atoms with van der Waals surface area (Å²) < 4.78 is 15.2. The highest BCUT2D eigenvalue weighted by Crippen LogP contribution is 2.17. The minimum absolute atomic E-state index is 0.177. The van der Waals surface area contributed by atoms with Crippen molar-refractivity contribution in [3.63, 3.8) is 0 Å². The number of esters is 1. The fourth-order valence-electron chi connectivity index (χ4n) is 2.71. The van der Waals surface area contributed by atoms with Crippen molar-refractivity contribution >= 4 is 18.0 Å². The highest BCUT2D eigenvalue weighted by atomic mass is 16.6. The molecule has 0 aliphatic carbocycles. The van der Waals surface area contributed by atoms with Gasteiger partial charge in [-0.3, -0.25) is 4.79 Å². The SMILES string of the molecule is CC[C@H](C(=O)OC)N(Cc1ccc(OC)cc1)C(=O)[C@H](C)NC(=O)OC(C)(C)C. The van der Waals surface area contributed by atoms with Crippen molar-refractivity contribution in [2.45, 2.75) is 65.3 Å². The number of nitrogens with one attached hydrogen (secondary N) is 1. The summed E-state index contributed by atoms with van der Waals surface area (Å²) in [7, 11) is 2.85. The molecule has 0 radical (unpaired) electrons. The quantitative estimate of drug-likeness (QED) is 0.665. The molecular weight excluding hydrogens is 376 g/mol. The molecule has 0 bridgehead atoms. The van der Waals surface area contributed by atoms with Gasteiger partial charge in [-0.2, -0.15) is 0 Å². The molecular formula is C21H32N2O6. The van der Waals surface area contributed by atoms with Gasteiger partial charge in [0.05, 0.1) is 14.2 Å². The second-order valence-corrected chi connectivity index (χ2v) is 7.63. The molecule has 0 heterocycles. The normalized spacial score (nSPS) is 13.1. The minimum atomic E-state index is -0.887. The summed E-state index contributed by atoms with van der Waals surface area (Å²) in [5.41, 5.74) is 0.124. The van der Waals surface area contributed by atoms with Gasteiger partial charge in [0.15, 0.2) is 0 Å². The van der Waals surface area contributed by atoms with Gasteiger partial charge < -0.3 is 24.4 Å². The Morgan fingerprint density at radius 1 is 1.10 bits per heavy atom. The predicted octanol–water partition coefficient (Wildman–Crippen LogP) is 2.89. The summed E-state index contributed by atoms with van der Waals surface area (Å²) in [5.74, 6) is -0.241. The third kappa shape index (κ3) is 7.63. The van der Waals surface area contributed by atoms with Gasteiger partial charge in [-0.05, 0) is 51.8 Å². The molecule has 0 aliphatic heterocycles. The molecule has 8 nitrogen and oxygen atoms in total. The molecule has 2 amide bonds. The Morgan fingerprint density at radius 3 is 2.14 bits per heavy atom.